The van der Waals surface area contributed by atoms with Crippen LogP contribution in [0.3, 0.4) is 0 Å². The van der Waals surface area contributed by atoms with Gasteiger partial charge in [-0.15, -0.1) is 0 Å². The van der Waals surface area contributed by atoms with Gasteiger partial charge in [0.1, 0.15) is 5.75 Å². The normalized spacial score (nSPS) is 11.0. The Morgan fingerprint density at radius 3 is 2.27 bits per heavy atom. The van der Waals surface area contributed by atoms with Gasteiger partial charge in [-0.1, -0.05) is 30.3 Å². The molecule has 0 aromatic heterocycles. The fraction of sp³-hybridized carbons (Fsp3) is 0.176. The van der Waals surface area contributed by atoms with Crippen molar-refractivity contribution >= 4 is 21.9 Å². The third kappa shape index (κ3) is 4.80. The van der Waals surface area contributed by atoms with Crippen LogP contribution in [0.2, 0.25) is 0 Å². The van der Waals surface area contributed by atoms with Gasteiger partial charge in [0.05, 0.1) is 0 Å². The predicted molar refractivity (Wildman–Crippen MR) is 96.2 cm³/mol. The molecule has 0 aliphatic carbocycles. The molecular formula is C17H19N3O5S. The van der Waals surface area contributed by atoms with Gasteiger partial charge in [-0.25, -0.2) is 8.42 Å². The molecule has 138 valence electrons. The number of nitrogens with zero attached hydrogens (tertiary/aromatic N) is 1. The van der Waals surface area contributed by atoms with Gasteiger partial charge < -0.3 is 15.6 Å². The molecule has 0 saturated heterocycles. The van der Waals surface area contributed by atoms with E-state index in [1.165, 1.54) is 12.1 Å². The molecule has 0 fully saturated rings. The maximum Gasteiger partial charge on any atom is 0.279 e. The topological polar surface area (TPSA) is 134 Å². The fourth-order valence-corrected chi connectivity index (χ4v) is 3.21. The molecule has 2 aromatic carbocycles. The van der Waals surface area contributed by atoms with Crippen molar-refractivity contribution in [3.05, 3.63) is 65.7 Å². The lowest BCUT2D eigenvalue weighted by atomic mass is 10.1. The Morgan fingerprint density at radius 2 is 1.73 bits per heavy atom. The van der Waals surface area contributed by atoms with E-state index in [-0.39, 0.29) is 22.2 Å². The zero-order valence-corrected chi connectivity index (χ0v) is 14.6. The highest BCUT2D eigenvalue weighted by Gasteiger charge is 2.31. The molecule has 0 aliphatic rings. The van der Waals surface area contributed by atoms with E-state index in [1.54, 1.807) is 42.5 Å². The van der Waals surface area contributed by atoms with Gasteiger partial charge in [0, 0.05) is 12.2 Å². The summed E-state index contributed by atoms with van der Waals surface area (Å²) in [7, 11) is -4.32. The number of nitrogens with two attached hydrogens (primary N) is 1. The lowest BCUT2D eigenvalue weighted by Crippen LogP contribution is -2.47. The Bertz CT molecular complexity index is 867. The minimum Gasteiger partial charge on any atom is -0.476 e. The number of rotatable bonds is 7. The van der Waals surface area contributed by atoms with E-state index in [4.69, 9.17) is 21.0 Å². The van der Waals surface area contributed by atoms with Crippen molar-refractivity contribution in [2.45, 2.75) is 6.42 Å². The molecule has 2 aromatic rings. The first-order chi connectivity index (χ1) is 12.3. The highest BCUT2D eigenvalue weighted by Crippen LogP contribution is 2.15. The van der Waals surface area contributed by atoms with Crippen LogP contribution < -0.4 is 10.5 Å². The molecule has 4 N–H and O–H groups in total. The summed E-state index contributed by atoms with van der Waals surface area (Å²) in [6.45, 7) is 0.00372. The number of hydrogen-bond donors (Lipinski definition) is 3. The summed E-state index contributed by atoms with van der Waals surface area (Å²) in [4.78, 5) is 12.4. The zero-order chi connectivity index (χ0) is 19.2. The van der Waals surface area contributed by atoms with Gasteiger partial charge in [0.2, 0.25) is 11.9 Å². The molecule has 0 bridgehead atoms. The van der Waals surface area contributed by atoms with Crippen LogP contribution in [0.5, 0.6) is 5.75 Å². The third-order valence-electron chi connectivity index (χ3n) is 3.40. The van der Waals surface area contributed by atoms with Gasteiger partial charge in [-0.3, -0.25) is 10.2 Å². The van der Waals surface area contributed by atoms with Crippen LogP contribution in [-0.2, 0) is 16.4 Å². The highest BCUT2D eigenvalue weighted by molar-refractivity contribution is 7.90. The molecule has 0 radical (unpaired) electrons. The van der Waals surface area contributed by atoms with Crippen molar-refractivity contribution in [3.63, 3.8) is 0 Å². The molecule has 9 heteroatoms. The van der Waals surface area contributed by atoms with Gasteiger partial charge >= 0.3 is 0 Å². The van der Waals surface area contributed by atoms with E-state index in [0.717, 1.165) is 5.56 Å². The summed E-state index contributed by atoms with van der Waals surface area (Å²) >= 11 is 0. The minimum atomic E-state index is -4.32. The van der Waals surface area contributed by atoms with Crippen molar-refractivity contribution in [2.24, 2.45) is 5.73 Å². The van der Waals surface area contributed by atoms with Gasteiger partial charge in [-0.2, -0.15) is 4.31 Å². The second kappa shape index (κ2) is 8.45. The van der Waals surface area contributed by atoms with Crippen molar-refractivity contribution in [1.82, 2.24) is 4.31 Å². The summed E-state index contributed by atoms with van der Waals surface area (Å²) < 4.78 is 30.3. The van der Waals surface area contributed by atoms with E-state index < -0.39 is 27.8 Å². The van der Waals surface area contributed by atoms with Crippen LogP contribution in [0.1, 0.15) is 15.9 Å². The number of carbonyl (C=O) groups is 1. The Balaban J connectivity index is 2.14. The van der Waals surface area contributed by atoms with Gasteiger partial charge in [0.25, 0.3) is 15.9 Å². The Labute approximate surface area is 151 Å². The summed E-state index contributed by atoms with van der Waals surface area (Å²) in [5.41, 5.74) is 6.26. The number of aliphatic hydroxyl groups is 1. The maximum absolute atomic E-state index is 12.5. The predicted octanol–water partition coefficient (Wildman–Crippen LogP) is 0.923. The zero-order valence-electron chi connectivity index (χ0n) is 13.8. The highest BCUT2D eigenvalue weighted by atomic mass is 32.2. The molecule has 0 unspecified atom stereocenters. The van der Waals surface area contributed by atoms with Crippen LogP contribution in [-0.4, -0.2) is 42.2 Å². The number of sulfonamides is 1. The lowest BCUT2D eigenvalue weighted by molar-refractivity contribution is 0.0910. The number of guanidine groups is 1. The van der Waals surface area contributed by atoms with Crippen molar-refractivity contribution in [2.75, 3.05) is 12.5 Å². The van der Waals surface area contributed by atoms with Crippen LogP contribution in [0, 0.1) is 5.41 Å². The second-order valence-electron chi connectivity index (χ2n) is 5.31. The number of ether oxygens (including phenoxy) is 1. The molecular weight excluding hydrogens is 358 g/mol. The average Bonchev–Trinajstić information content (AvgIpc) is 2.61. The molecule has 1 amide bonds. The quantitative estimate of drug-likeness (QED) is 0.485. The van der Waals surface area contributed by atoms with E-state index in [2.05, 4.69) is 0 Å². The van der Waals surface area contributed by atoms with Crippen LogP contribution >= 0.6 is 0 Å². The summed E-state index contributed by atoms with van der Waals surface area (Å²) in [5, 5.41) is 16.3. The number of benzene rings is 2. The van der Waals surface area contributed by atoms with Crippen molar-refractivity contribution in [3.8, 4) is 5.75 Å². The average molecular weight is 377 g/mol. The van der Waals surface area contributed by atoms with Crippen LogP contribution in [0.25, 0.3) is 0 Å². The first-order valence-corrected chi connectivity index (χ1v) is 9.25. The largest absolute Gasteiger partial charge is 0.476 e. The smallest absolute Gasteiger partial charge is 0.279 e. The number of nitrogens with one attached hydrogen (secondary N) is 1. The second-order valence-corrected chi connectivity index (χ2v) is 7.08. The molecule has 8 nitrogen and oxygen atoms in total. The Morgan fingerprint density at radius 1 is 1.12 bits per heavy atom. The molecule has 0 atom stereocenters. The molecule has 0 saturated carbocycles. The molecule has 2 rings (SSSR count). The monoisotopic (exact) mass is 377 g/mol. The van der Waals surface area contributed by atoms with E-state index in [9.17, 15) is 13.2 Å². The Hall–Kier alpha value is -2.91. The molecule has 0 heterocycles. The van der Waals surface area contributed by atoms with Gasteiger partial charge in [-0.05, 0) is 36.2 Å². The van der Waals surface area contributed by atoms with Gasteiger partial charge in [0.15, 0.2) is 0 Å². The summed E-state index contributed by atoms with van der Waals surface area (Å²) in [6, 6.07) is 14.2. The number of amides is 1. The minimum absolute atomic E-state index is 0.00372. The number of hydrogen-bond acceptors (Lipinski definition) is 6. The lowest BCUT2D eigenvalue weighted by Gasteiger charge is -2.20. The molecule has 26 heavy (non-hydrogen) atoms. The third-order valence-corrected chi connectivity index (χ3v) is 4.74. The first-order valence-electron chi connectivity index (χ1n) is 7.64. The van der Waals surface area contributed by atoms with Crippen LogP contribution in [0.4, 0.5) is 0 Å². The van der Waals surface area contributed by atoms with Crippen LogP contribution in [0.15, 0.2) is 54.6 Å². The molecule has 0 spiro atoms. The molecule has 0 aliphatic heterocycles. The Kier molecular flexibility index (Phi) is 6.31. The van der Waals surface area contributed by atoms with Crippen molar-refractivity contribution in [1.29, 1.82) is 5.41 Å². The van der Waals surface area contributed by atoms with Crippen molar-refractivity contribution < 1.29 is 23.1 Å². The SMILES string of the molecule is N=C(N)N(C(=O)c1ccccc1)S(=O)(=O)COc1ccc(CCO)cc1. The van der Waals surface area contributed by atoms with E-state index in [1.807, 2.05) is 0 Å². The summed E-state index contributed by atoms with van der Waals surface area (Å²) in [6.07, 6.45) is 0.474. The fourth-order valence-electron chi connectivity index (χ4n) is 2.16. The maximum atomic E-state index is 12.5. The number of aliphatic hydroxyl groups excluding tert-OH is 1. The van der Waals surface area contributed by atoms with E-state index >= 15 is 0 Å². The number of carbonyl (C=O) groups excluding carboxylic acids is 1. The standard InChI is InChI=1S/C17H19N3O5S/c18-17(19)20(16(22)14-4-2-1-3-5-14)26(23,24)12-25-15-8-6-13(7-9-15)10-11-21/h1-9,21H,10-12H2,(H3,18,19). The summed E-state index contributed by atoms with van der Waals surface area (Å²) in [5.74, 6) is -2.43. The van der Waals surface area contributed by atoms with E-state index in [0.29, 0.717) is 6.42 Å². The first kappa shape index (κ1) is 19.4.